The summed E-state index contributed by atoms with van der Waals surface area (Å²) in [7, 11) is 3.62. The number of hydrogen-bond acceptors (Lipinski definition) is 3. The van der Waals surface area contributed by atoms with Gasteiger partial charge in [-0.15, -0.1) is 0 Å². The summed E-state index contributed by atoms with van der Waals surface area (Å²) in [5.41, 5.74) is 2.90. The predicted molar refractivity (Wildman–Crippen MR) is 108 cm³/mol. The molecule has 0 aliphatic rings. The van der Waals surface area contributed by atoms with Gasteiger partial charge in [0.1, 0.15) is 0 Å². The van der Waals surface area contributed by atoms with Crippen molar-refractivity contribution in [3.05, 3.63) is 39.6 Å². The highest BCUT2D eigenvalue weighted by Gasteiger charge is 2.25. The lowest BCUT2D eigenvalue weighted by molar-refractivity contribution is -0.885. The number of carbonyl (C=O) groups excluding carboxylic acids is 2. The van der Waals surface area contributed by atoms with E-state index in [4.69, 9.17) is 23.2 Å². The molecule has 0 fully saturated rings. The molecular weight excluding hydrogens is 389 g/mol. The fourth-order valence-corrected chi connectivity index (χ4v) is 2.89. The molecular formula is C18H24Cl2N5O2+. The van der Waals surface area contributed by atoms with Crippen molar-refractivity contribution < 1.29 is 14.5 Å². The monoisotopic (exact) mass is 412 g/mol. The molecule has 0 radical (unpaired) electrons. The third kappa shape index (κ3) is 5.22. The summed E-state index contributed by atoms with van der Waals surface area (Å²) in [6.07, 6.45) is 0. The summed E-state index contributed by atoms with van der Waals surface area (Å²) in [6.45, 7) is 5.63. The van der Waals surface area contributed by atoms with Crippen LogP contribution in [0.5, 0.6) is 0 Å². The third-order valence-electron chi connectivity index (χ3n) is 4.53. The van der Waals surface area contributed by atoms with E-state index >= 15 is 0 Å². The number of halogens is 2. The van der Waals surface area contributed by atoms with Crippen LogP contribution in [0.15, 0.2) is 18.2 Å². The van der Waals surface area contributed by atoms with Crippen LogP contribution in [0, 0.1) is 13.8 Å². The minimum Gasteiger partial charge on any atom is -0.321 e. The van der Waals surface area contributed by atoms with Gasteiger partial charge in [-0.1, -0.05) is 23.2 Å². The lowest BCUT2D eigenvalue weighted by atomic mass is 10.2. The average Bonchev–Trinajstić information content (AvgIpc) is 2.83. The highest BCUT2D eigenvalue weighted by molar-refractivity contribution is 6.42. The fourth-order valence-electron chi connectivity index (χ4n) is 2.60. The number of quaternary nitrogens is 1. The first-order valence-corrected chi connectivity index (χ1v) is 9.24. The Morgan fingerprint density at radius 1 is 1.22 bits per heavy atom. The number of hydrogen-bond donors (Lipinski definition) is 3. The smallest absolute Gasteiger partial charge is 0.282 e. The van der Waals surface area contributed by atoms with Crippen molar-refractivity contribution in [1.82, 2.24) is 9.78 Å². The number of amides is 2. The van der Waals surface area contributed by atoms with Gasteiger partial charge in [0.25, 0.3) is 11.8 Å². The molecule has 3 N–H and O–H groups in total. The molecule has 27 heavy (non-hydrogen) atoms. The Kier molecular flexibility index (Phi) is 6.86. The van der Waals surface area contributed by atoms with Gasteiger partial charge in [0.05, 0.1) is 34.2 Å². The number of carbonyl (C=O) groups is 2. The van der Waals surface area contributed by atoms with Gasteiger partial charge < -0.3 is 15.5 Å². The highest BCUT2D eigenvalue weighted by Crippen LogP contribution is 2.24. The van der Waals surface area contributed by atoms with Crippen LogP contribution >= 0.6 is 23.2 Å². The van der Waals surface area contributed by atoms with Gasteiger partial charge in [0.2, 0.25) is 0 Å². The van der Waals surface area contributed by atoms with Crippen molar-refractivity contribution in [2.24, 2.45) is 7.05 Å². The predicted octanol–water partition coefficient (Wildman–Crippen LogP) is 1.82. The molecule has 9 heteroatoms. The maximum absolute atomic E-state index is 12.6. The van der Waals surface area contributed by atoms with E-state index in [-0.39, 0.29) is 18.4 Å². The van der Waals surface area contributed by atoms with Gasteiger partial charge in [-0.05, 0) is 39.0 Å². The Morgan fingerprint density at radius 3 is 2.44 bits per heavy atom. The topological polar surface area (TPSA) is 80.5 Å². The van der Waals surface area contributed by atoms with Crippen molar-refractivity contribution in [3.63, 3.8) is 0 Å². The van der Waals surface area contributed by atoms with Crippen LogP contribution in [-0.4, -0.2) is 41.2 Å². The first-order valence-electron chi connectivity index (χ1n) is 8.48. The van der Waals surface area contributed by atoms with Gasteiger partial charge in [-0.2, -0.15) is 5.10 Å². The van der Waals surface area contributed by atoms with Crippen LogP contribution in [0.25, 0.3) is 0 Å². The number of likely N-dealkylation sites (N-methyl/N-ethyl adjacent to an activating group) is 1. The molecule has 2 aromatic rings. The largest absolute Gasteiger partial charge is 0.321 e. The second-order valence-corrected chi connectivity index (χ2v) is 7.39. The van der Waals surface area contributed by atoms with Crippen molar-refractivity contribution in [1.29, 1.82) is 0 Å². The Bertz CT molecular complexity index is 866. The molecule has 0 saturated carbocycles. The highest BCUT2D eigenvalue weighted by atomic mass is 35.5. The molecule has 1 aromatic carbocycles. The van der Waals surface area contributed by atoms with Gasteiger partial charge in [-0.25, -0.2) is 0 Å². The van der Waals surface area contributed by atoms with Gasteiger partial charge >= 0.3 is 0 Å². The molecule has 0 aliphatic carbocycles. The minimum absolute atomic E-state index is 0.125. The molecule has 1 unspecified atom stereocenters. The number of benzene rings is 1. The van der Waals surface area contributed by atoms with Crippen LogP contribution in [-0.2, 0) is 16.6 Å². The standard InChI is InChI=1S/C18H23Cl2N5O2/c1-10-17(11(2)25(5)23-10)22-18(27)12(3)24(4)9-16(26)21-13-6-7-14(19)15(20)8-13/h6-8,12H,9H2,1-5H3,(H,21,26)(H,22,27)/p+1/t12-/m0/s1. The van der Waals surface area contributed by atoms with Crippen molar-refractivity contribution >= 4 is 46.4 Å². The lowest BCUT2D eigenvalue weighted by Gasteiger charge is -2.20. The summed E-state index contributed by atoms with van der Waals surface area (Å²) >= 11 is 11.8. The van der Waals surface area contributed by atoms with Gasteiger partial charge in [0, 0.05) is 12.7 Å². The summed E-state index contributed by atoms with van der Waals surface area (Å²) < 4.78 is 1.72. The maximum atomic E-state index is 12.6. The lowest BCUT2D eigenvalue weighted by Crippen LogP contribution is -3.14. The number of nitrogens with zero attached hydrogens (tertiary/aromatic N) is 2. The van der Waals surface area contributed by atoms with E-state index in [2.05, 4.69) is 15.7 Å². The number of rotatable bonds is 6. The third-order valence-corrected chi connectivity index (χ3v) is 5.27. The molecule has 2 rings (SSSR count). The Hall–Kier alpha value is -2.09. The van der Waals surface area contributed by atoms with E-state index in [0.29, 0.717) is 21.4 Å². The molecule has 2 atom stereocenters. The quantitative estimate of drug-likeness (QED) is 0.676. The molecule has 7 nitrogen and oxygen atoms in total. The fraction of sp³-hybridized carbons (Fsp3) is 0.389. The zero-order valence-corrected chi connectivity index (χ0v) is 17.5. The molecule has 146 valence electrons. The zero-order chi connectivity index (χ0) is 20.3. The normalized spacial score (nSPS) is 13.1. The Balaban J connectivity index is 1.95. The van der Waals surface area contributed by atoms with Crippen LogP contribution in [0.3, 0.4) is 0 Å². The summed E-state index contributed by atoms with van der Waals surface area (Å²) in [5, 5.41) is 10.7. The average molecular weight is 413 g/mol. The molecule has 0 saturated heterocycles. The second-order valence-electron chi connectivity index (χ2n) is 6.58. The minimum atomic E-state index is -0.427. The van der Waals surface area contributed by atoms with E-state index in [9.17, 15) is 9.59 Å². The van der Waals surface area contributed by atoms with E-state index < -0.39 is 6.04 Å². The van der Waals surface area contributed by atoms with Gasteiger partial charge in [-0.3, -0.25) is 14.3 Å². The van der Waals surface area contributed by atoms with E-state index in [1.165, 1.54) is 0 Å². The number of aromatic nitrogens is 2. The summed E-state index contributed by atoms with van der Waals surface area (Å²) in [4.78, 5) is 25.6. The molecule has 1 aromatic heterocycles. The van der Waals surface area contributed by atoms with Crippen molar-refractivity contribution in [2.75, 3.05) is 24.2 Å². The molecule has 2 amide bonds. The van der Waals surface area contributed by atoms with Crippen LogP contribution in [0.4, 0.5) is 11.4 Å². The zero-order valence-electron chi connectivity index (χ0n) is 16.0. The van der Waals surface area contributed by atoms with E-state index in [1.54, 1.807) is 36.9 Å². The Labute approximate surface area is 168 Å². The number of aryl methyl sites for hydroxylation is 2. The molecule has 0 spiro atoms. The van der Waals surface area contributed by atoms with Crippen molar-refractivity contribution in [3.8, 4) is 0 Å². The Morgan fingerprint density at radius 2 is 1.89 bits per heavy atom. The van der Waals surface area contributed by atoms with Crippen LogP contribution < -0.4 is 15.5 Å². The summed E-state index contributed by atoms with van der Waals surface area (Å²) in [5.74, 6) is -0.395. The first-order chi connectivity index (χ1) is 12.6. The van der Waals surface area contributed by atoms with Crippen molar-refractivity contribution in [2.45, 2.75) is 26.8 Å². The molecule has 1 heterocycles. The van der Waals surface area contributed by atoms with E-state index in [1.807, 2.05) is 20.9 Å². The van der Waals surface area contributed by atoms with E-state index in [0.717, 1.165) is 16.3 Å². The van der Waals surface area contributed by atoms with Crippen LogP contribution in [0.1, 0.15) is 18.3 Å². The summed E-state index contributed by atoms with van der Waals surface area (Å²) in [6, 6.07) is 4.45. The van der Waals surface area contributed by atoms with Gasteiger partial charge in [0.15, 0.2) is 12.6 Å². The molecule has 0 bridgehead atoms. The number of nitrogens with one attached hydrogen (secondary N) is 3. The number of anilines is 2. The SMILES string of the molecule is Cc1nn(C)c(C)c1NC(=O)[C@H](C)[NH+](C)CC(=O)Nc1ccc(Cl)c(Cl)c1. The van der Waals surface area contributed by atoms with Crippen LogP contribution in [0.2, 0.25) is 10.0 Å². The maximum Gasteiger partial charge on any atom is 0.282 e. The first kappa shape index (κ1) is 21.2. The second kappa shape index (κ2) is 8.73. The molecule has 0 aliphatic heterocycles.